The maximum Gasteiger partial charge on any atom is 0.156 e. The lowest BCUT2D eigenvalue weighted by Crippen LogP contribution is -2.19. The molecule has 0 amide bonds. The van der Waals surface area contributed by atoms with Gasteiger partial charge in [-0.25, -0.2) is 4.68 Å². The van der Waals surface area contributed by atoms with Crippen LogP contribution in [0.3, 0.4) is 0 Å². The van der Waals surface area contributed by atoms with Gasteiger partial charge in [-0.15, -0.1) is 0 Å². The second-order valence-electron chi connectivity index (χ2n) is 6.04. The zero-order chi connectivity index (χ0) is 19.0. The summed E-state index contributed by atoms with van der Waals surface area (Å²) in [5.74, 6) is 0.547. The van der Waals surface area contributed by atoms with Gasteiger partial charge in [-0.3, -0.25) is 9.59 Å². The lowest BCUT2D eigenvalue weighted by Gasteiger charge is -2.21. The van der Waals surface area contributed by atoms with Crippen molar-refractivity contribution in [1.29, 1.82) is 0 Å². The van der Waals surface area contributed by atoms with E-state index in [1.54, 1.807) is 41.1 Å². The molecule has 0 spiro atoms. The molecule has 7 heteroatoms. The van der Waals surface area contributed by atoms with Crippen molar-refractivity contribution >= 4 is 47.3 Å². The Hall–Kier alpha value is -2.89. The van der Waals surface area contributed by atoms with Crippen molar-refractivity contribution in [3.63, 3.8) is 0 Å². The fourth-order valence-electron chi connectivity index (χ4n) is 3.06. The largest absolute Gasteiger partial charge is 0.339 e. The molecule has 0 saturated heterocycles. The van der Waals surface area contributed by atoms with Gasteiger partial charge in [-0.2, -0.15) is 5.10 Å². The van der Waals surface area contributed by atoms with Crippen molar-refractivity contribution in [2.24, 2.45) is 0 Å². The van der Waals surface area contributed by atoms with E-state index in [2.05, 4.69) is 10.4 Å². The Kier molecular flexibility index (Phi) is 4.56. The standard InChI is InChI=1S/C20H13Cl2N3O2/c21-15-5-1-12(2-6-15)18-14(10-26)9-25-20(23-18)17(11-27)19(24-25)13-3-7-16(22)8-4-13/h1-8,10-11,23H,9H2. The third-order valence-electron chi connectivity index (χ3n) is 4.38. The number of anilines is 1. The van der Waals surface area contributed by atoms with Crippen LogP contribution >= 0.6 is 23.2 Å². The van der Waals surface area contributed by atoms with Crippen LogP contribution in [0.2, 0.25) is 10.0 Å². The predicted octanol–water partition coefficient (Wildman–Crippen LogP) is 4.71. The van der Waals surface area contributed by atoms with E-state index in [1.165, 1.54) is 0 Å². The Morgan fingerprint density at radius 1 is 0.889 bits per heavy atom. The third-order valence-corrected chi connectivity index (χ3v) is 4.89. The van der Waals surface area contributed by atoms with Gasteiger partial charge in [0.15, 0.2) is 6.29 Å². The second kappa shape index (κ2) is 7.02. The highest BCUT2D eigenvalue weighted by Crippen LogP contribution is 2.35. The Morgan fingerprint density at radius 2 is 1.48 bits per heavy atom. The first-order valence-corrected chi connectivity index (χ1v) is 8.89. The summed E-state index contributed by atoms with van der Waals surface area (Å²) >= 11 is 11.9. The summed E-state index contributed by atoms with van der Waals surface area (Å²) in [6.45, 7) is 0.262. The molecular formula is C20H13Cl2N3O2. The molecule has 1 N–H and O–H groups in total. The Balaban J connectivity index is 1.81. The van der Waals surface area contributed by atoms with Gasteiger partial charge in [0, 0.05) is 21.2 Å². The van der Waals surface area contributed by atoms with Crippen LogP contribution in [0.25, 0.3) is 17.0 Å². The van der Waals surface area contributed by atoms with Crippen molar-refractivity contribution in [2.45, 2.75) is 6.54 Å². The first-order chi connectivity index (χ1) is 13.1. The van der Waals surface area contributed by atoms with Crippen molar-refractivity contribution in [2.75, 3.05) is 5.32 Å². The number of benzene rings is 2. The number of hydrogen-bond donors (Lipinski definition) is 1. The molecule has 0 aliphatic carbocycles. The van der Waals surface area contributed by atoms with Gasteiger partial charge in [0.1, 0.15) is 17.8 Å². The fourth-order valence-corrected chi connectivity index (χ4v) is 3.32. The summed E-state index contributed by atoms with van der Waals surface area (Å²) in [5, 5.41) is 8.93. The minimum atomic E-state index is 0.262. The number of allylic oxidation sites excluding steroid dienone is 1. The van der Waals surface area contributed by atoms with E-state index >= 15 is 0 Å². The molecule has 1 aromatic heterocycles. The maximum atomic E-state index is 11.8. The second-order valence-corrected chi connectivity index (χ2v) is 6.92. The van der Waals surface area contributed by atoms with E-state index in [1.807, 2.05) is 12.1 Å². The fraction of sp³-hybridized carbons (Fsp3) is 0.0500. The molecule has 134 valence electrons. The summed E-state index contributed by atoms with van der Waals surface area (Å²) in [4.78, 5) is 23.5. The molecule has 0 bridgehead atoms. The van der Waals surface area contributed by atoms with E-state index in [-0.39, 0.29) is 6.54 Å². The molecule has 5 nitrogen and oxygen atoms in total. The molecule has 2 heterocycles. The van der Waals surface area contributed by atoms with Crippen molar-refractivity contribution in [3.8, 4) is 11.3 Å². The van der Waals surface area contributed by atoms with Gasteiger partial charge >= 0.3 is 0 Å². The SMILES string of the molecule is O=CC1=C(c2ccc(Cl)cc2)Nc2c(C=O)c(-c3ccc(Cl)cc3)nn2C1. The van der Waals surface area contributed by atoms with Gasteiger partial charge < -0.3 is 5.32 Å². The van der Waals surface area contributed by atoms with Gasteiger partial charge in [-0.05, 0) is 29.8 Å². The molecule has 4 rings (SSSR count). The molecule has 0 atom stereocenters. The summed E-state index contributed by atoms with van der Waals surface area (Å²) in [7, 11) is 0. The number of aldehydes is 2. The molecule has 27 heavy (non-hydrogen) atoms. The molecule has 0 unspecified atom stereocenters. The van der Waals surface area contributed by atoms with E-state index in [9.17, 15) is 9.59 Å². The monoisotopic (exact) mass is 397 g/mol. The third kappa shape index (κ3) is 3.16. The first kappa shape index (κ1) is 17.5. The van der Waals surface area contributed by atoms with Gasteiger partial charge in [0.2, 0.25) is 0 Å². The highest BCUT2D eigenvalue weighted by molar-refractivity contribution is 6.31. The van der Waals surface area contributed by atoms with Crippen LogP contribution in [0.4, 0.5) is 5.82 Å². The molecule has 0 radical (unpaired) electrons. The number of nitrogens with one attached hydrogen (secondary N) is 1. The molecule has 3 aromatic rings. The predicted molar refractivity (Wildman–Crippen MR) is 106 cm³/mol. The lowest BCUT2D eigenvalue weighted by molar-refractivity contribution is -0.105. The normalized spacial score (nSPS) is 13.1. The number of nitrogens with zero attached hydrogens (tertiary/aromatic N) is 2. The first-order valence-electron chi connectivity index (χ1n) is 8.14. The van der Waals surface area contributed by atoms with Crippen molar-refractivity contribution in [1.82, 2.24) is 9.78 Å². The highest BCUT2D eigenvalue weighted by Gasteiger charge is 2.25. The minimum Gasteiger partial charge on any atom is -0.339 e. The van der Waals surface area contributed by atoms with Crippen molar-refractivity contribution in [3.05, 3.63) is 75.3 Å². The van der Waals surface area contributed by atoms with Gasteiger partial charge in [-0.1, -0.05) is 47.5 Å². The minimum absolute atomic E-state index is 0.262. The maximum absolute atomic E-state index is 11.8. The average molecular weight is 398 g/mol. The number of rotatable bonds is 4. The summed E-state index contributed by atoms with van der Waals surface area (Å²) < 4.78 is 1.62. The number of fused-ring (bicyclic) bond motifs is 1. The zero-order valence-electron chi connectivity index (χ0n) is 13.9. The number of carbonyl (C=O) groups is 2. The molecule has 1 aliphatic heterocycles. The van der Waals surface area contributed by atoms with Crippen LogP contribution in [0.15, 0.2) is 54.1 Å². The van der Waals surface area contributed by atoms with E-state index in [0.717, 1.165) is 23.7 Å². The molecule has 0 saturated carbocycles. The van der Waals surface area contributed by atoms with Crippen LogP contribution < -0.4 is 5.32 Å². The Morgan fingerprint density at radius 3 is 2.04 bits per heavy atom. The van der Waals surface area contributed by atoms with Crippen molar-refractivity contribution < 1.29 is 9.59 Å². The number of halogens is 2. The van der Waals surface area contributed by atoms with Gasteiger partial charge in [0.25, 0.3) is 0 Å². The van der Waals surface area contributed by atoms with Crippen LogP contribution in [0, 0.1) is 0 Å². The molecule has 0 fully saturated rings. The van der Waals surface area contributed by atoms with Crippen LogP contribution in [-0.2, 0) is 11.3 Å². The van der Waals surface area contributed by atoms with Crippen LogP contribution in [0.1, 0.15) is 15.9 Å². The van der Waals surface area contributed by atoms with E-state index < -0.39 is 0 Å². The quantitative estimate of drug-likeness (QED) is 0.647. The molecule has 2 aromatic carbocycles. The molecule has 1 aliphatic rings. The lowest BCUT2D eigenvalue weighted by atomic mass is 10.0. The topological polar surface area (TPSA) is 64.0 Å². The van der Waals surface area contributed by atoms with E-state index in [0.29, 0.717) is 38.4 Å². The smallest absolute Gasteiger partial charge is 0.156 e. The van der Waals surface area contributed by atoms with E-state index in [4.69, 9.17) is 23.2 Å². The average Bonchev–Trinajstić information content (AvgIpc) is 3.05. The highest BCUT2D eigenvalue weighted by atomic mass is 35.5. The molecular weight excluding hydrogens is 385 g/mol. The Labute approximate surface area is 165 Å². The number of hydrogen-bond acceptors (Lipinski definition) is 4. The van der Waals surface area contributed by atoms with Crippen LogP contribution in [0.5, 0.6) is 0 Å². The summed E-state index contributed by atoms with van der Waals surface area (Å²) in [6, 6.07) is 14.2. The summed E-state index contributed by atoms with van der Waals surface area (Å²) in [5.41, 5.74) is 3.71. The van der Waals surface area contributed by atoms with Gasteiger partial charge in [0.05, 0.1) is 17.8 Å². The van der Waals surface area contributed by atoms with Crippen LogP contribution in [-0.4, -0.2) is 22.4 Å². The number of carbonyl (C=O) groups excluding carboxylic acids is 2. The Bertz CT molecular complexity index is 1070. The zero-order valence-corrected chi connectivity index (χ0v) is 15.5. The summed E-state index contributed by atoms with van der Waals surface area (Å²) in [6.07, 6.45) is 1.56. The number of aromatic nitrogens is 2.